The highest BCUT2D eigenvalue weighted by atomic mass is 19.4. The van der Waals surface area contributed by atoms with Gasteiger partial charge in [0.2, 0.25) is 0 Å². The third-order valence-corrected chi connectivity index (χ3v) is 8.91. The Bertz CT molecular complexity index is 1530. The minimum Gasteiger partial charge on any atom is -0.494 e. The van der Waals surface area contributed by atoms with Gasteiger partial charge in [0, 0.05) is 12.8 Å². The molecule has 5 rings (SSSR count). The molecule has 294 valence electrons. The maximum absolute atomic E-state index is 14.2. The van der Waals surface area contributed by atoms with Gasteiger partial charge in [0.25, 0.3) is 0 Å². The molecule has 0 radical (unpaired) electrons. The Labute approximate surface area is 310 Å². The van der Waals surface area contributed by atoms with Gasteiger partial charge in [0.15, 0.2) is 0 Å². The normalized spacial score (nSPS) is 16.5. The number of ether oxygens (including phenoxy) is 6. The molecule has 2 unspecified atom stereocenters. The molecule has 3 aromatic carbocycles. The van der Waals surface area contributed by atoms with Crippen LogP contribution >= 0.6 is 0 Å². The first-order valence-electron chi connectivity index (χ1n) is 18.2. The summed E-state index contributed by atoms with van der Waals surface area (Å²) in [4.78, 5) is 25.2. The topological polar surface area (TPSA) is 96.1 Å². The van der Waals surface area contributed by atoms with Crippen molar-refractivity contribution in [2.75, 3.05) is 26.4 Å². The first-order valence-corrected chi connectivity index (χ1v) is 18.2. The molecule has 2 aliphatic rings. The fourth-order valence-electron chi connectivity index (χ4n) is 5.79. The molecule has 0 bridgehead atoms. The summed E-state index contributed by atoms with van der Waals surface area (Å²) in [6, 6.07) is 14.6. The second kappa shape index (κ2) is 19.3. The monoisotopic (exact) mass is 766 g/mol. The first kappa shape index (κ1) is 40.9. The van der Waals surface area contributed by atoms with Gasteiger partial charge in [-0.15, -0.1) is 0 Å². The van der Waals surface area contributed by atoms with Gasteiger partial charge in [-0.3, -0.25) is 9.59 Å². The second-order valence-corrected chi connectivity index (χ2v) is 13.3. The zero-order valence-corrected chi connectivity index (χ0v) is 29.8. The van der Waals surface area contributed by atoms with Gasteiger partial charge in [-0.05, 0) is 98.9 Å². The van der Waals surface area contributed by atoms with Crippen LogP contribution in [0.4, 0.5) is 26.3 Å². The fourth-order valence-corrected chi connectivity index (χ4v) is 5.79. The number of carbonyl (C=O) groups excluding carboxylic acids is 2. The van der Waals surface area contributed by atoms with Crippen molar-refractivity contribution >= 4 is 11.9 Å². The number of hydrogen-bond acceptors (Lipinski definition) is 8. The molecule has 0 spiro atoms. The quantitative estimate of drug-likeness (QED) is 0.0328. The van der Waals surface area contributed by atoms with Crippen LogP contribution in [-0.2, 0) is 44.3 Å². The van der Waals surface area contributed by atoms with Crippen molar-refractivity contribution in [2.45, 2.75) is 102 Å². The van der Waals surface area contributed by atoms with Crippen molar-refractivity contribution in [3.05, 3.63) is 82.9 Å². The number of hydrogen-bond donors (Lipinski definition) is 0. The summed E-state index contributed by atoms with van der Waals surface area (Å²) >= 11 is 0. The molecule has 2 atom stereocenters. The van der Waals surface area contributed by atoms with E-state index in [1.807, 2.05) is 0 Å². The summed E-state index contributed by atoms with van der Waals surface area (Å²) in [6.45, 7) is 2.73. The summed E-state index contributed by atoms with van der Waals surface area (Å²) < 4.78 is 117. The molecule has 2 heterocycles. The molecule has 0 aliphatic carbocycles. The molecule has 8 nitrogen and oxygen atoms in total. The molecule has 2 aliphatic heterocycles. The van der Waals surface area contributed by atoms with Crippen molar-refractivity contribution in [3.8, 4) is 23.0 Å². The Hall–Kier alpha value is -4.30. The molecule has 0 aromatic heterocycles. The lowest BCUT2D eigenvalue weighted by Crippen LogP contribution is -2.22. The van der Waals surface area contributed by atoms with E-state index in [-0.39, 0.29) is 12.8 Å². The van der Waals surface area contributed by atoms with E-state index in [1.165, 1.54) is 0 Å². The summed E-state index contributed by atoms with van der Waals surface area (Å²) in [7, 11) is 0. The lowest BCUT2D eigenvalue weighted by molar-refractivity contribution is -0.165. The second-order valence-electron chi connectivity index (χ2n) is 13.3. The van der Waals surface area contributed by atoms with Crippen LogP contribution in [0, 0.1) is 0 Å². The van der Waals surface area contributed by atoms with Gasteiger partial charge < -0.3 is 28.4 Å². The van der Waals surface area contributed by atoms with Gasteiger partial charge in [-0.2, -0.15) is 26.3 Å². The standard InChI is InChI=1S/C40H44F6O8/c41-39(42,43)37-33(53-35(47)21-13-27-9-15-29(16-10-27)49-23-5-1-3-7-31-25-51-31)19-20-34(38(37)40(44,45)46)54-36(48)22-14-28-11-17-30(18-12-28)50-24-6-2-4-8-32-26-52-32/h9-12,15-20,31-32H,1-8,13-14,21-26H2. The largest absolute Gasteiger partial charge is 0.494 e. The number of carbonyl (C=O) groups is 2. The molecular formula is C40H44F6O8. The van der Waals surface area contributed by atoms with Crippen LogP contribution in [0.25, 0.3) is 0 Å². The average molecular weight is 767 g/mol. The highest BCUT2D eigenvalue weighted by molar-refractivity contribution is 5.75. The number of halogens is 6. The Morgan fingerprint density at radius 1 is 0.556 bits per heavy atom. The van der Waals surface area contributed by atoms with Crippen molar-refractivity contribution in [1.29, 1.82) is 0 Å². The maximum atomic E-state index is 14.2. The van der Waals surface area contributed by atoms with Crippen LogP contribution in [0.3, 0.4) is 0 Å². The van der Waals surface area contributed by atoms with E-state index in [2.05, 4.69) is 0 Å². The lowest BCUT2D eigenvalue weighted by Gasteiger charge is -2.21. The van der Waals surface area contributed by atoms with Crippen molar-refractivity contribution in [3.63, 3.8) is 0 Å². The Morgan fingerprint density at radius 3 is 1.26 bits per heavy atom. The predicted molar refractivity (Wildman–Crippen MR) is 185 cm³/mol. The summed E-state index contributed by atoms with van der Waals surface area (Å²) in [5.74, 6) is -3.82. The molecule has 3 aromatic rings. The molecule has 0 amide bonds. The van der Waals surface area contributed by atoms with Crippen molar-refractivity contribution in [1.82, 2.24) is 0 Å². The van der Waals surface area contributed by atoms with E-state index >= 15 is 0 Å². The predicted octanol–water partition coefficient (Wildman–Crippen LogP) is 9.48. The van der Waals surface area contributed by atoms with Gasteiger partial charge in [-0.25, -0.2) is 0 Å². The zero-order chi connectivity index (χ0) is 38.6. The van der Waals surface area contributed by atoms with Crippen LogP contribution in [0.2, 0.25) is 0 Å². The van der Waals surface area contributed by atoms with E-state index in [0.717, 1.165) is 64.6 Å². The molecule has 2 saturated heterocycles. The Kier molecular flexibility index (Phi) is 14.6. The van der Waals surface area contributed by atoms with E-state index in [9.17, 15) is 35.9 Å². The van der Waals surface area contributed by atoms with Gasteiger partial charge in [0.05, 0.1) is 38.6 Å². The summed E-state index contributed by atoms with van der Waals surface area (Å²) in [5.41, 5.74) is -3.24. The third-order valence-electron chi connectivity index (χ3n) is 8.91. The SMILES string of the molecule is O=C(CCc1ccc(OCCCCCC2CO2)cc1)Oc1ccc(OC(=O)CCc2ccc(OCCCCCC3CO3)cc2)c(C(F)(F)F)c1C(F)(F)F. The van der Waals surface area contributed by atoms with Crippen molar-refractivity contribution < 1.29 is 64.4 Å². The highest BCUT2D eigenvalue weighted by Crippen LogP contribution is 2.49. The minimum atomic E-state index is -5.61. The Balaban J connectivity index is 1.11. The minimum absolute atomic E-state index is 0.0537. The number of unbranched alkanes of at least 4 members (excludes halogenated alkanes) is 4. The van der Waals surface area contributed by atoms with E-state index in [0.29, 0.717) is 60.2 Å². The van der Waals surface area contributed by atoms with E-state index in [4.69, 9.17) is 28.4 Å². The Morgan fingerprint density at radius 2 is 0.926 bits per heavy atom. The molecule has 54 heavy (non-hydrogen) atoms. The van der Waals surface area contributed by atoms with Crippen molar-refractivity contribution in [2.24, 2.45) is 0 Å². The molecule has 0 saturated carbocycles. The van der Waals surface area contributed by atoms with E-state index < -0.39 is 59.8 Å². The smallest absolute Gasteiger partial charge is 0.420 e. The van der Waals surface area contributed by atoms with E-state index in [1.54, 1.807) is 48.5 Å². The van der Waals surface area contributed by atoms with Gasteiger partial charge >= 0.3 is 24.3 Å². The van der Waals surface area contributed by atoms with Gasteiger partial charge in [0.1, 0.15) is 34.1 Å². The molecule has 2 fully saturated rings. The maximum Gasteiger partial charge on any atom is 0.420 e. The van der Waals surface area contributed by atoms with Crippen LogP contribution in [-0.4, -0.2) is 50.6 Å². The zero-order valence-electron chi connectivity index (χ0n) is 29.8. The summed E-state index contributed by atoms with van der Waals surface area (Å²) in [5, 5.41) is 0. The first-order chi connectivity index (χ1) is 25.8. The number of alkyl halides is 6. The number of aryl methyl sites for hydroxylation is 2. The number of epoxide rings is 2. The average Bonchev–Trinajstić information content (AvgIpc) is 4.07. The van der Waals surface area contributed by atoms with Crippen LogP contribution < -0.4 is 18.9 Å². The number of rotatable bonds is 22. The van der Waals surface area contributed by atoms with Crippen LogP contribution in [0.5, 0.6) is 23.0 Å². The number of benzene rings is 3. The molecule has 14 heteroatoms. The third kappa shape index (κ3) is 13.8. The molecular weight excluding hydrogens is 722 g/mol. The molecule has 0 N–H and O–H groups in total. The van der Waals surface area contributed by atoms with Crippen LogP contribution in [0.15, 0.2) is 60.7 Å². The van der Waals surface area contributed by atoms with Crippen LogP contribution in [0.1, 0.15) is 86.5 Å². The lowest BCUT2D eigenvalue weighted by atomic mass is 10.0. The summed E-state index contributed by atoms with van der Waals surface area (Å²) in [6.07, 6.45) is -3.13. The highest BCUT2D eigenvalue weighted by Gasteiger charge is 2.49. The fraction of sp³-hybridized carbons (Fsp3) is 0.500. The van der Waals surface area contributed by atoms with Gasteiger partial charge in [-0.1, -0.05) is 37.1 Å². The number of esters is 2.